The van der Waals surface area contributed by atoms with E-state index in [1.807, 2.05) is 27.0 Å². The van der Waals surface area contributed by atoms with Gasteiger partial charge in [-0.1, -0.05) is 43.7 Å². The third-order valence-electron chi connectivity index (χ3n) is 5.56. The topological polar surface area (TPSA) is 42.6 Å². The van der Waals surface area contributed by atoms with Gasteiger partial charge in [-0.15, -0.1) is 0 Å². The lowest BCUT2D eigenvalue weighted by Gasteiger charge is -2.31. The largest absolute Gasteiger partial charge is 0.378 e. The van der Waals surface area contributed by atoms with E-state index in [1.165, 1.54) is 11.1 Å². The van der Waals surface area contributed by atoms with Crippen LogP contribution in [0.3, 0.4) is 0 Å². The molecule has 32 heavy (non-hydrogen) atoms. The molecule has 0 N–H and O–H groups in total. The van der Waals surface area contributed by atoms with Gasteiger partial charge in [0.25, 0.3) is 0 Å². The van der Waals surface area contributed by atoms with E-state index in [4.69, 9.17) is 9.84 Å². The molecule has 1 aliphatic heterocycles. The van der Waals surface area contributed by atoms with Crippen LogP contribution in [-0.4, -0.2) is 53.7 Å². The van der Waals surface area contributed by atoms with Crippen LogP contribution in [0.2, 0.25) is 0 Å². The summed E-state index contributed by atoms with van der Waals surface area (Å²) in [6, 6.07) is 10.8. The normalized spacial score (nSPS) is 16.3. The maximum absolute atomic E-state index is 5.62. The van der Waals surface area contributed by atoms with Gasteiger partial charge in [0.15, 0.2) is 0 Å². The minimum atomic E-state index is 0.736. The molecule has 1 aromatic heterocycles. The minimum Gasteiger partial charge on any atom is -0.378 e. The first kappa shape index (κ1) is 23.7. The first-order chi connectivity index (χ1) is 15.6. The molecule has 0 atom stereocenters. The van der Waals surface area contributed by atoms with Crippen molar-refractivity contribution < 1.29 is 4.74 Å². The van der Waals surface area contributed by atoms with Crippen molar-refractivity contribution in [3.8, 4) is 0 Å². The second-order valence-electron chi connectivity index (χ2n) is 8.08. The van der Waals surface area contributed by atoms with Crippen molar-refractivity contribution in [2.45, 2.75) is 40.5 Å². The van der Waals surface area contributed by atoms with E-state index >= 15 is 0 Å². The Bertz CT molecular complexity index is 1020. The van der Waals surface area contributed by atoms with Crippen LogP contribution in [0, 0.1) is 13.8 Å². The number of aromatic nitrogens is 2. The zero-order valence-corrected chi connectivity index (χ0v) is 20.1. The number of unbranched alkanes of at least 4 members (excludes halogenated alkanes) is 1. The highest BCUT2D eigenvalue weighted by molar-refractivity contribution is 6.09. The van der Waals surface area contributed by atoms with Gasteiger partial charge < -0.3 is 9.64 Å². The zero-order valence-electron chi connectivity index (χ0n) is 20.1. The average Bonchev–Trinajstić information content (AvgIpc) is 3.15. The predicted molar refractivity (Wildman–Crippen MR) is 135 cm³/mol. The summed E-state index contributed by atoms with van der Waals surface area (Å²) < 4.78 is 7.69. The van der Waals surface area contributed by atoms with Crippen molar-refractivity contribution in [2.75, 3.05) is 33.4 Å². The molecule has 5 heteroatoms. The lowest BCUT2D eigenvalue weighted by atomic mass is 9.99. The summed E-state index contributed by atoms with van der Waals surface area (Å²) in [5.74, 6) is 1.10. The lowest BCUT2D eigenvalue weighted by Crippen LogP contribution is -2.37. The summed E-state index contributed by atoms with van der Waals surface area (Å²) in [7, 11) is 1.84. The third kappa shape index (κ3) is 5.86. The molecule has 0 aliphatic carbocycles. The Morgan fingerprint density at radius 2 is 1.91 bits per heavy atom. The van der Waals surface area contributed by atoms with E-state index in [0.717, 1.165) is 67.6 Å². The van der Waals surface area contributed by atoms with Crippen LogP contribution in [0.1, 0.15) is 49.2 Å². The standard InChI is InChI=1S/C27H36N4O/c1-6-8-11-24(23-12-9-13-25(19-23)26(28-5)10-7-2)20-27(30-14-16-32-17-15-30)31-22(4)18-21(3)29-31/h7,9-13,18-20H,6,8,14-17H2,1-5H3/b10-7-,24-11-,27-20-,28-26?. The predicted octanol–water partition coefficient (Wildman–Crippen LogP) is 5.51. The van der Waals surface area contributed by atoms with Gasteiger partial charge in [-0.3, -0.25) is 4.99 Å². The highest BCUT2D eigenvalue weighted by Gasteiger charge is 2.19. The number of ether oxygens (including phenoxy) is 1. The molecule has 0 unspecified atom stereocenters. The lowest BCUT2D eigenvalue weighted by molar-refractivity contribution is 0.0611. The fraction of sp³-hybridized carbons (Fsp3) is 0.407. The molecular formula is C27H36N4O. The van der Waals surface area contributed by atoms with Gasteiger partial charge in [0, 0.05) is 31.4 Å². The number of nitrogens with zero attached hydrogens (tertiary/aromatic N) is 4. The van der Waals surface area contributed by atoms with Gasteiger partial charge in [-0.05, 0) is 62.6 Å². The Morgan fingerprint density at radius 3 is 2.53 bits per heavy atom. The molecule has 0 saturated carbocycles. The molecule has 170 valence electrons. The second-order valence-corrected chi connectivity index (χ2v) is 8.08. The summed E-state index contributed by atoms with van der Waals surface area (Å²) in [6.45, 7) is 11.6. The van der Waals surface area contributed by atoms with Gasteiger partial charge in [0.05, 0.1) is 24.6 Å². The Kier molecular flexibility index (Phi) is 8.63. The molecule has 5 nitrogen and oxygen atoms in total. The van der Waals surface area contributed by atoms with Crippen LogP contribution in [-0.2, 0) is 4.74 Å². The second kappa shape index (κ2) is 11.6. The van der Waals surface area contributed by atoms with Crippen LogP contribution in [0.5, 0.6) is 0 Å². The molecule has 1 saturated heterocycles. The van der Waals surface area contributed by atoms with Gasteiger partial charge in [-0.25, -0.2) is 4.68 Å². The first-order valence-corrected chi connectivity index (χ1v) is 11.6. The van der Waals surface area contributed by atoms with E-state index < -0.39 is 0 Å². The van der Waals surface area contributed by atoms with Crippen LogP contribution in [0.4, 0.5) is 0 Å². The number of hydrogen-bond acceptors (Lipinski definition) is 4. The van der Waals surface area contributed by atoms with Gasteiger partial charge in [0.1, 0.15) is 5.82 Å². The molecule has 3 rings (SSSR count). The number of rotatable bonds is 8. The summed E-state index contributed by atoms with van der Waals surface area (Å²) in [5, 5.41) is 4.81. The fourth-order valence-corrected chi connectivity index (χ4v) is 3.95. The Balaban J connectivity index is 2.11. The minimum absolute atomic E-state index is 0.736. The molecule has 2 heterocycles. The highest BCUT2D eigenvalue weighted by atomic mass is 16.5. The quantitative estimate of drug-likeness (QED) is 0.408. The third-order valence-corrected chi connectivity index (χ3v) is 5.56. The maximum Gasteiger partial charge on any atom is 0.131 e. The average molecular weight is 433 g/mol. The van der Waals surface area contributed by atoms with E-state index in [-0.39, 0.29) is 0 Å². The van der Waals surface area contributed by atoms with Crippen molar-refractivity contribution in [1.29, 1.82) is 0 Å². The Labute approximate surface area is 192 Å². The maximum atomic E-state index is 5.62. The summed E-state index contributed by atoms with van der Waals surface area (Å²) in [6.07, 6.45) is 10.8. The molecule has 0 bridgehead atoms. The van der Waals surface area contributed by atoms with Crippen LogP contribution in [0.15, 0.2) is 59.6 Å². The smallest absolute Gasteiger partial charge is 0.131 e. The molecule has 1 aromatic carbocycles. The number of morpholine rings is 1. The molecule has 0 radical (unpaired) electrons. The Morgan fingerprint density at radius 1 is 1.16 bits per heavy atom. The molecule has 1 aliphatic rings. The van der Waals surface area contributed by atoms with Crippen molar-refractivity contribution in [3.63, 3.8) is 0 Å². The van der Waals surface area contributed by atoms with E-state index in [9.17, 15) is 0 Å². The summed E-state index contributed by atoms with van der Waals surface area (Å²) in [5.41, 5.74) is 6.67. The fourth-order valence-electron chi connectivity index (χ4n) is 3.95. The van der Waals surface area contributed by atoms with Crippen molar-refractivity contribution in [2.24, 2.45) is 4.99 Å². The molecule has 0 spiro atoms. The SMILES string of the molecule is C/C=C\C(=NC)c1cccc(C(=C\CCC)/C=C(/N2CCOCC2)n2nc(C)cc2C)c1. The van der Waals surface area contributed by atoms with Crippen LogP contribution in [0.25, 0.3) is 11.4 Å². The number of aryl methyl sites for hydroxylation is 2. The number of hydrogen-bond donors (Lipinski definition) is 0. The highest BCUT2D eigenvalue weighted by Crippen LogP contribution is 2.25. The Hall–Kier alpha value is -2.92. The zero-order chi connectivity index (χ0) is 22.9. The van der Waals surface area contributed by atoms with Crippen molar-refractivity contribution >= 4 is 17.1 Å². The van der Waals surface area contributed by atoms with Gasteiger partial charge >= 0.3 is 0 Å². The van der Waals surface area contributed by atoms with E-state index in [0.29, 0.717) is 0 Å². The molecule has 2 aromatic rings. The number of aliphatic imine (C=N–C) groups is 1. The van der Waals surface area contributed by atoms with E-state index in [2.05, 4.69) is 77.0 Å². The summed E-state index contributed by atoms with van der Waals surface area (Å²) in [4.78, 5) is 6.85. The molecule has 0 amide bonds. The monoisotopic (exact) mass is 432 g/mol. The van der Waals surface area contributed by atoms with Gasteiger partial charge in [0.2, 0.25) is 0 Å². The number of benzene rings is 1. The van der Waals surface area contributed by atoms with E-state index in [1.54, 1.807) is 0 Å². The summed E-state index contributed by atoms with van der Waals surface area (Å²) >= 11 is 0. The van der Waals surface area contributed by atoms with Crippen LogP contribution >= 0.6 is 0 Å². The van der Waals surface area contributed by atoms with Crippen molar-refractivity contribution in [1.82, 2.24) is 14.7 Å². The first-order valence-electron chi connectivity index (χ1n) is 11.6. The number of allylic oxidation sites excluding steroid dienone is 5. The van der Waals surface area contributed by atoms with Crippen molar-refractivity contribution in [3.05, 3.63) is 77.2 Å². The molecular weight excluding hydrogens is 396 g/mol. The van der Waals surface area contributed by atoms with Gasteiger partial charge in [-0.2, -0.15) is 5.10 Å². The molecule has 1 fully saturated rings. The van der Waals surface area contributed by atoms with Crippen LogP contribution < -0.4 is 0 Å².